The summed E-state index contributed by atoms with van der Waals surface area (Å²) in [4.78, 5) is 11.9. The molecule has 0 aliphatic carbocycles. The standard InChI is InChI=1S/C11H20N4OS/c1-7(2)6-8-14-15-10(17-8)13-9(16)11(3,4)12-5/h7,12H,6H2,1-5H3,(H,13,15,16). The largest absolute Gasteiger partial charge is 0.307 e. The van der Waals surface area contributed by atoms with Crippen molar-refractivity contribution < 1.29 is 4.79 Å². The zero-order chi connectivity index (χ0) is 13.1. The third-order valence-electron chi connectivity index (χ3n) is 2.46. The summed E-state index contributed by atoms with van der Waals surface area (Å²) in [5.74, 6) is 0.437. The van der Waals surface area contributed by atoms with Crippen molar-refractivity contribution in [3.8, 4) is 0 Å². The first kappa shape index (κ1) is 14.1. The van der Waals surface area contributed by atoms with Crippen LogP contribution < -0.4 is 10.6 Å². The van der Waals surface area contributed by atoms with Gasteiger partial charge in [-0.1, -0.05) is 25.2 Å². The highest BCUT2D eigenvalue weighted by molar-refractivity contribution is 7.15. The first-order valence-corrected chi connectivity index (χ1v) is 6.49. The lowest BCUT2D eigenvalue weighted by molar-refractivity contribution is -0.121. The van der Waals surface area contributed by atoms with E-state index in [0.29, 0.717) is 11.0 Å². The Hall–Kier alpha value is -1.01. The Balaban J connectivity index is 2.64. The van der Waals surface area contributed by atoms with Gasteiger partial charge in [0.1, 0.15) is 5.01 Å². The Kier molecular flexibility index (Phi) is 4.59. The molecule has 0 spiro atoms. The van der Waals surface area contributed by atoms with Crippen LogP contribution in [0.3, 0.4) is 0 Å². The second kappa shape index (κ2) is 5.55. The molecular weight excluding hydrogens is 236 g/mol. The number of nitrogens with zero attached hydrogens (tertiary/aromatic N) is 2. The topological polar surface area (TPSA) is 66.9 Å². The van der Waals surface area contributed by atoms with Gasteiger partial charge >= 0.3 is 0 Å². The molecule has 0 aliphatic rings. The van der Waals surface area contributed by atoms with E-state index >= 15 is 0 Å². The predicted octanol–water partition coefficient (Wildman–Crippen LogP) is 1.67. The summed E-state index contributed by atoms with van der Waals surface area (Å²) in [5.41, 5.74) is -0.607. The number of anilines is 1. The highest BCUT2D eigenvalue weighted by Gasteiger charge is 2.26. The number of aromatic nitrogens is 2. The zero-order valence-electron chi connectivity index (χ0n) is 11.0. The van der Waals surface area contributed by atoms with Crippen LogP contribution in [0.15, 0.2) is 0 Å². The first-order chi connectivity index (χ1) is 7.85. The second-order valence-electron chi connectivity index (χ2n) is 4.93. The second-order valence-corrected chi connectivity index (χ2v) is 5.99. The highest BCUT2D eigenvalue weighted by atomic mass is 32.1. The van der Waals surface area contributed by atoms with Crippen LogP contribution >= 0.6 is 11.3 Å². The van der Waals surface area contributed by atoms with E-state index in [4.69, 9.17) is 0 Å². The van der Waals surface area contributed by atoms with Crippen molar-refractivity contribution in [1.82, 2.24) is 15.5 Å². The number of rotatable bonds is 5. The lowest BCUT2D eigenvalue weighted by atomic mass is 10.1. The summed E-state index contributed by atoms with van der Waals surface area (Å²) in [7, 11) is 1.75. The predicted molar refractivity (Wildman–Crippen MR) is 70.2 cm³/mol. The van der Waals surface area contributed by atoms with Crippen LogP contribution in [0.5, 0.6) is 0 Å². The molecule has 6 heteroatoms. The van der Waals surface area contributed by atoms with Gasteiger partial charge in [0.05, 0.1) is 5.54 Å². The Morgan fingerprint density at radius 2 is 2.06 bits per heavy atom. The molecule has 1 aromatic heterocycles. The van der Waals surface area contributed by atoms with E-state index in [2.05, 4.69) is 34.7 Å². The number of amides is 1. The summed E-state index contributed by atoms with van der Waals surface area (Å²) in [6.45, 7) is 7.89. The monoisotopic (exact) mass is 256 g/mol. The molecule has 1 rings (SSSR count). The Morgan fingerprint density at radius 1 is 1.41 bits per heavy atom. The average molecular weight is 256 g/mol. The van der Waals surface area contributed by atoms with Crippen LogP contribution in [0, 0.1) is 5.92 Å². The van der Waals surface area contributed by atoms with Crippen LogP contribution in [0.2, 0.25) is 0 Å². The summed E-state index contributed by atoms with van der Waals surface area (Å²) in [6.07, 6.45) is 0.892. The molecule has 1 amide bonds. The van der Waals surface area contributed by atoms with Crippen molar-refractivity contribution in [3.63, 3.8) is 0 Å². The molecule has 1 heterocycles. The minimum absolute atomic E-state index is 0.104. The molecule has 2 N–H and O–H groups in total. The van der Waals surface area contributed by atoms with Gasteiger partial charge < -0.3 is 5.32 Å². The maximum Gasteiger partial charge on any atom is 0.245 e. The van der Waals surface area contributed by atoms with E-state index in [9.17, 15) is 4.79 Å². The fraction of sp³-hybridized carbons (Fsp3) is 0.727. The molecule has 0 fully saturated rings. The van der Waals surface area contributed by atoms with Gasteiger partial charge in [-0.3, -0.25) is 10.1 Å². The van der Waals surface area contributed by atoms with Crippen molar-refractivity contribution in [1.29, 1.82) is 0 Å². The molecular formula is C11H20N4OS. The van der Waals surface area contributed by atoms with E-state index in [1.54, 1.807) is 7.05 Å². The molecule has 0 bridgehead atoms. The highest BCUT2D eigenvalue weighted by Crippen LogP contribution is 2.19. The fourth-order valence-corrected chi connectivity index (χ4v) is 2.05. The summed E-state index contributed by atoms with van der Waals surface area (Å²) < 4.78 is 0. The van der Waals surface area contributed by atoms with Gasteiger partial charge in [-0.05, 0) is 26.8 Å². The number of likely N-dealkylation sites (N-methyl/N-ethyl adjacent to an activating group) is 1. The van der Waals surface area contributed by atoms with Gasteiger partial charge in [0.2, 0.25) is 11.0 Å². The number of carbonyl (C=O) groups is 1. The molecule has 0 aromatic carbocycles. The van der Waals surface area contributed by atoms with Crippen LogP contribution in [-0.4, -0.2) is 28.7 Å². The maximum atomic E-state index is 11.9. The van der Waals surface area contributed by atoms with E-state index < -0.39 is 5.54 Å². The minimum Gasteiger partial charge on any atom is -0.307 e. The summed E-state index contributed by atoms with van der Waals surface area (Å²) in [5, 5.41) is 15.3. The molecule has 0 radical (unpaired) electrons. The van der Waals surface area contributed by atoms with Gasteiger partial charge in [-0.2, -0.15) is 0 Å². The van der Waals surface area contributed by atoms with Crippen LogP contribution in [0.25, 0.3) is 0 Å². The molecule has 0 aliphatic heterocycles. The average Bonchev–Trinajstić information content (AvgIpc) is 2.64. The van der Waals surface area contributed by atoms with Gasteiger partial charge in [-0.25, -0.2) is 0 Å². The van der Waals surface area contributed by atoms with E-state index in [1.807, 2.05) is 13.8 Å². The molecule has 0 atom stereocenters. The Bertz CT molecular complexity index is 387. The first-order valence-electron chi connectivity index (χ1n) is 5.68. The lowest BCUT2D eigenvalue weighted by Gasteiger charge is -2.21. The van der Waals surface area contributed by atoms with E-state index in [-0.39, 0.29) is 5.91 Å². The van der Waals surface area contributed by atoms with Crippen molar-refractivity contribution >= 4 is 22.4 Å². The van der Waals surface area contributed by atoms with Gasteiger partial charge in [0.25, 0.3) is 0 Å². The van der Waals surface area contributed by atoms with Crippen molar-refractivity contribution in [2.45, 2.75) is 39.7 Å². The normalized spacial score (nSPS) is 11.9. The number of nitrogens with one attached hydrogen (secondary N) is 2. The third kappa shape index (κ3) is 4.05. The van der Waals surface area contributed by atoms with Crippen molar-refractivity contribution in [2.75, 3.05) is 12.4 Å². The van der Waals surface area contributed by atoms with Crippen LogP contribution in [0.1, 0.15) is 32.7 Å². The van der Waals surface area contributed by atoms with Gasteiger partial charge in [0, 0.05) is 6.42 Å². The molecule has 5 nitrogen and oxygen atoms in total. The fourth-order valence-electron chi connectivity index (χ4n) is 1.10. The van der Waals surface area contributed by atoms with Crippen LogP contribution in [0.4, 0.5) is 5.13 Å². The van der Waals surface area contributed by atoms with E-state index in [0.717, 1.165) is 11.4 Å². The SMILES string of the molecule is CNC(C)(C)C(=O)Nc1nnc(CC(C)C)s1. The molecule has 1 aromatic rings. The Morgan fingerprint density at radius 3 is 2.59 bits per heavy atom. The van der Waals surface area contributed by atoms with Crippen molar-refractivity contribution in [2.24, 2.45) is 5.92 Å². The number of hydrogen-bond donors (Lipinski definition) is 2. The maximum absolute atomic E-state index is 11.9. The zero-order valence-corrected chi connectivity index (χ0v) is 11.8. The third-order valence-corrected chi connectivity index (χ3v) is 3.32. The van der Waals surface area contributed by atoms with Crippen molar-refractivity contribution in [3.05, 3.63) is 5.01 Å². The Labute approximate surface area is 106 Å². The molecule has 96 valence electrons. The minimum atomic E-state index is -0.607. The van der Waals surface area contributed by atoms with Gasteiger partial charge in [0.15, 0.2) is 0 Å². The molecule has 17 heavy (non-hydrogen) atoms. The molecule has 0 saturated carbocycles. The molecule has 0 saturated heterocycles. The smallest absolute Gasteiger partial charge is 0.245 e. The molecule has 0 unspecified atom stereocenters. The number of hydrogen-bond acceptors (Lipinski definition) is 5. The quantitative estimate of drug-likeness (QED) is 0.841. The van der Waals surface area contributed by atoms with Gasteiger partial charge in [-0.15, -0.1) is 10.2 Å². The van der Waals surface area contributed by atoms with E-state index in [1.165, 1.54) is 11.3 Å². The lowest BCUT2D eigenvalue weighted by Crippen LogP contribution is -2.47. The van der Waals surface area contributed by atoms with Crippen LogP contribution in [-0.2, 0) is 11.2 Å². The summed E-state index contributed by atoms with van der Waals surface area (Å²) >= 11 is 1.43. The summed E-state index contributed by atoms with van der Waals surface area (Å²) in [6, 6.07) is 0. The number of carbonyl (C=O) groups excluding carboxylic acids is 1.